The Morgan fingerprint density at radius 2 is 1.50 bits per heavy atom. The van der Waals surface area contributed by atoms with Gasteiger partial charge in [0.1, 0.15) is 5.01 Å². The van der Waals surface area contributed by atoms with E-state index >= 15 is 0 Å². The number of hydrogen-bond acceptors (Lipinski definition) is 8. The average molecular weight is 296 g/mol. The van der Waals surface area contributed by atoms with Crippen LogP contribution in [0.5, 0.6) is 0 Å². The predicted molar refractivity (Wildman–Crippen MR) is 67.5 cm³/mol. The number of non-ortho nitro benzene ring substituents is 1. The minimum absolute atomic E-state index is 0.0540. The lowest BCUT2D eigenvalue weighted by Gasteiger charge is -2.01. The largest absolute Gasteiger partial charge is 0.293 e. The van der Waals surface area contributed by atoms with Gasteiger partial charge in [0, 0.05) is 11.6 Å². The van der Waals surface area contributed by atoms with E-state index in [0.29, 0.717) is 12.1 Å². The molecule has 0 aliphatic carbocycles. The molecule has 0 amide bonds. The van der Waals surface area contributed by atoms with E-state index in [0.717, 1.165) is 11.3 Å². The molecule has 1 aromatic carbocycles. The molecular weight excluding hydrogens is 292 g/mol. The molecule has 2 rings (SSSR count). The van der Waals surface area contributed by atoms with Crippen molar-refractivity contribution in [2.75, 3.05) is 0 Å². The molecule has 0 unspecified atom stereocenters. The first-order valence-corrected chi connectivity index (χ1v) is 5.81. The monoisotopic (exact) mass is 296 g/mol. The Morgan fingerprint density at radius 1 is 0.950 bits per heavy atom. The Labute approximate surface area is 113 Å². The van der Waals surface area contributed by atoms with Crippen molar-refractivity contribution in [3.8, 4) is 10.6 Å². The van der Waals surface area contributed by atoms with E-state index in [1.165, 1.54) is 11.6 Å². The van der Waals surface area contributed by atoms with Gasteiger partial charge in [-0.3, -0.25) is 30.3 Å². The van der Waals surface area contributed by atoms with Crippen molar-refractivity contribution in [1.29, 1.82) is 0 Å². The molecule has 0 aliphatic heterocycles. The van der Waals surface area contributed by atoms with Gasteiger partial charge in [0.2, 0.25) is 0 Å². The van der Waals surface area contributed by atoms with E-state index in [4.69, 9.17) is 0 Å². The number of hydrogen-bond donors (Lipinski definition) is 0. The second-order valence-electron chi connectivity index (χ2n) is 3.47. The number of nitrogens with zero attached hydrogens (tertiary/aromatic N) is 4. The molecule has 0 fully saturated rings. The van der Waals surface area contributed by atoms with Gasteiger partial charge < -0.3 is 0 Å². The summed E-state index contributed by atoms with van der Waals surface area (Å²) >= 11 is 0.964. The molecular formula is C9H4N4O6S. The molecule has 20 heavy (non-hydrogen) atoms. The van der Waals surface area contributed by atoms with Crippen LogP contribution >= 0.6 is 11.3 Å². The predicted octanol–water partition coefficient (Wildman–Crippen LogP) is 2.53. The van der Waals surface area contributed by atoms with Gasteiger partial charge in [-0.25, -0.2) is 4.98 Å². The van der Waals surface area contributed by atoms with E-state index in [1.54, 1.807) is 0 Å². The highest BCUT2D eigenvalue weighted by molar-refractivity contribution is 7.13. The maximum atomic E-state index is 11.0. The molecule has 0 saturated heterocycles. The van der Waals surface area contributed by atoms with Gasteiger partial charge in [0.15, 0.2) is 5.56 Å². The Balaban J connectivity index is 2.85. The third-order valence-corrected chi connectivity index (χ3v) is 3.12. The smallest absolute Gasteiger partial charge is 0.258 e. The Kier molecular flexibility index (Phi) is 3.35. The van der Waals surface area contributed by atoms with Crippen LogP contribution in [0.25, 0.3) is 10.6 Å². The van der Waals surface area contributed by atoms with Gasteiger partial charge in [0.25, 0.3) is 17.1 Å². The zero-order valence-electron chi connectivity index (χ0n) is 9.46. The van der Waals surface area contributed by atoms with Crippen LogP contribution in [0, 0.1) is 30.3 Å². The quantitative estimate of drug-likeness (QED) is 0.622. The summed E-state index contributed by atoms with van der Waals surface area (Å²) in [5.74, 6) is 0. The lowest BCUT2D eigenvalue weighted by molar-refractivity contribution is -0.402. The van der Waals surface area contributed by atoms with Crippen LogP contribution in [0.1, 0.15) is 0 Å². The Bertz CT molecular complexity index is 678. The van der Waals surface area contributed by atoms with Crippen LogP contribution in [0.3, 0.4) is 0 Å². The third-order valence-electron chi connectivity index (χ3n) is 2.33. The van der Waals surface area contributed by atoms with Gasteiger partial charge in [0.05, 0.1) is 26.9 Å². The lowest BCUT2D eigenvalue weighted by atomic mass is 10.1. The molecule has 1 heterocycles. The maximum absolute atomic E-state index is 11.0. The molecule has 0 aliphatic rings. The molecule has 0 bridgehead atoms. The molecule has 0 saturated carbocycles. The number of nitro benzene ring substituents is 3. The maximum Gasteiger partial charge on any atom is 0.293 e. The first kappa shape index (κ1) is 13.5. The van der Waals surface area contributed by atoms with E-state index in [-0.39, 0.29) is 10.6 Å². The molecule has 10 nitrogen and oxygen atoms in total. The summed E-state index contributed by atoms with van der Waals surface area (Å²) in [4.78, 5) is 33.8. The summed E-state index contributed by atoms with van der Waals surface area (Å²) in [6.45, 7) is 0. The van der Waals surface area contributed by atoms with Crippen LogP contribution < -0.4 is 0 Å². The highest BCUT2D eigenvalue weighted by Gasteiger charge is 2.32. The minimum Gasteiger partial charge on any atom is -0.258 e. The fourth-order valence-corrected chi connectivity index (χ4v) is 2.26. The SMILES string of the molecule is O=[N+]([O-])c1cc([N+](=O)[O-])c(-c2nccs2)c([N+](=O)[O-])c1. The molecule has 102 valence electrons. The van der Waals surface area contributed by atoms with Crippen LogP contribution in [-0.4, -0.2) is 19.8 Å². The fourth-order valence-electron chi connectivity index (χ4n) is 1.56. The highest BCUT2D eigenvalue weighted by atomic mass is 32.1. The molecule has 0 spiro atoms. The second-order valence-corrected chi connectivity index (χ2v) is 4.36. The molecule has 11 heteroatoms. The Morgan fingerprint density at radius 3 is 1.85 bits per heavy atom. The van der Waals surface area contributed by atoms with Crippen molar-refractivity contribution >= 4 is 28.4 Å². The summed E-state index contributed by atoms with van der Waals surface area (Å²) in [6.07, 6.45) is 1.33. The number of rotatable bonds is 4. The highest BCUT2D eigenvalue weighted by Crippen LogP contribution is 2.41. The fraction of sp³-hybridized carbons (Fsp3) is 0. The van der Waals surface area contributed by atoms with Crippen molar-refractivity contribution < 1.29 is 14.8 Å². The lowest BCUT2D eigenvalue weighted by Crippen LogP contribution is -2.00. The molecule has 0 radical (unpaired) electrons. The summed E-state index contributed by atoms with van der Waals surface area (Å²) < 4.78 is 0. The number of nitro groups is 3. The Hall–Kier alpha value is -2.95. The summed E-state index contributed by atoms with van der Waals surface area (Å²) in [5, 5.41) is 34.2. The van der Waals surface area contributed by atoms with Crippen LogP contribution in [0.4, 0.5) is 17.1 Å². The zero-order chi connectivity index (χ0) is 14.9. The standard InChI is InChI=1S/C9H4N4O6S/c14-11(15)5-3-6(12(16)17)8(7(4-5)13(18)19)9-10-1-2-20-9/h1-4H. The van der Waals surface area contributed by atoms with Gasteiger partial charge in [-0.05, 0) is 0 Å². The summed E-state index contributed by atoms with van der Waals surface area (Å²) in [6, 6.07) is 1.37. The normalized spacial score (nSPS) is 10.2. The summed E-state index contributed by atoms with van der Waals surface area (Å²) in [7, 11) is 0. The number of thiazole rings is 1. The van der Waals surface area contributed by atoms with Crippen molar-refractivity contribution in [2.24, 2.45) is 0 Å². The van der Waals surface area contributed by atoms with Gasteiger partial charge in [-0.2, -0.15) is 0 Å². The average Bonchev–Trinajstić information content (AvgIpc) is 2.90. The van der Waals surface area contributed by atoms with E-state index in [2.05, 4.69) is 4.98 Å². The van der Waals surface area contributed by atoms with Gasteiger partial charge in [-0.15, -0.1) is 11.3 Å². The minimum atomic E-state index is -0.925. The van der Waals surface area contributed by atoms with Crippen LogP contribution in [0.2, 0.25) is 0 Å². The van der Waals surface area contributed by atoms with Crippen molar-refractivity contribution in [2.45, 2.75) is 0 Å². The molecule has 2 aromatic rings. The summed E-state index contributed by atoms with van der Waals surface area (Å²) in [5.41, 5.74) is -2.49. The molecule has 1 aromatic heterocycles. The second kappa shape index (κ2) is 4.97. The number of aromatic nitrogens is 1. The van der Waals surface area contributed by atoms with Crippen molar-refractivity contribution in [3.63, 3.8) is 0 Å². The van der Waals surface area contributed by atoms with Crippen molar-refractivity contribution in [1.82, 2.24) is 4.98 Å². The third kappa shape index (κ3) is 2.29. The van der Waals surface area contributed by atoms with E-state index < -0.39 is 31.8 Å². The van der Waals surface area contributed by atoms with E-state index in [1.807, 2.05) is 0 Å². The zero-order valence-corrected chi connectivity index (χ0v) is 10.3. The van der Waals surface area contributed by atoms with Gasteiger partial charge >= 0.3 is 0 Å². The van der Waals surface area contributed by atoms with Crippen molar-refractivity contribution in [3.05, 3.63) is 54.1 Å². The van der Waals surface area contributed by atoms with Crippen LogP contribution in [0.15, 0.2) is 23.7 Å². The first-order chi connectivity index (χ1) is 9.41. The topological polar surface area (TPSA) is 142 Å². The molecule has 0 N–H and O–H groups in total. The van der Waals surface area contributed by atoms with Crippen LogP contribution in [-0.2, 0) is 0 Å². The number of benzene rings is 1. The molecule has 0 atom stereocenters. The first-order valence-electron chi connectivity index (χ1n) is 4.93. The van der Waals surface area contributed by atoms with E-state index in [9.17, 15) is 30.3 Å². The van der Waals surface area contributed by atoms with Gasteiger partial charge in [-0.1, -0.05) is 0 Å².